The van der Waals surface area contributed by atoms with E-state index >= 15 is 0 Å². The van der Waals surface area contributed by atoms with Gasteiger partial charge in [0.2, 0.25) is 0 Å². The fourth-order valence-corrected chi connectivity index (χ4v) is 7.82. The number of carbonyl (C=O) groups excluding carboxylic acids is 1. The number of benzene rings is 1. The predicted molar refractivity (Wildman–Crippen MR) is 140 cm³/mol. The zero-order valence-corrected chi connectivity index (χ0v) is 23.6. The number of ketones is 1. The standard InChI is InChI=1S/C25H36NO7PS2/c1-4-32-34(29,33-5-2)16-24(28)22-17-35-25(26-22)15-23(27)21(14-18-8-6-7-9-18)19-10-12-20(13-11-19)36(3,30)31/h10-13,17-18,21,24,28H,4-9,14-16H2,1-3H3/t21-,24?/m1/s1. The van der Waals surface area contributed by atoms with E-state index in [9.17, 15) is 22.9 Å². The van der Waals surface area contributed by atoms with Crippen molar-refractivity contribution in [1.82, 2.24) is 4.98 Å². The summed E-state index contributed by atoms with van der Waals surface area (Å²) in [4.78, 5) is 18.1. The fraction of sp³-hybridized carbons (Fsp3) is 0.600. The van der Waals surface area contributed by atoms with Crippen LogP contribution in [0.25, 0.3) is 0 Å². The van der Waals surface area contributed by atoms with Gasteiger partial charge in [-0.25, -0.2) is 13.4 Å². The van der Waals surface area contributed by atoms with Gasteiger partial charge >= 0.3 is 7.60 Å². The van der Waals surface area contributed by atoms with Gasteiger partial charge in [-0.3, -0.25) is 9.36 Å². The molecule has 1 aliphatic carbocycles. The molecule has 0 saturated heterocycles. The van der Waals surface area contributed by atoms with Crippen molar-refractivity contribution in [2.24, 2.45) is 5.92 Å². The van der Waals surface area contributed by atoms with Crippen molar-refractivity contribution in [3.63, 3.8) is 0 Å². The van der Waals surface area contributed by atoms with Crippen molar-refractivity contribution in [1.29, 1.82) is 0 Å². The molecule has 1 fully saturated rings. The molecule has 2 atom stereocenters. The zero-order chi connectivity index (χ0) is 26.3. The van der Waals surface area contributed by atoms with Gasteiger partial charge in [-0.2, -0.15) is 0 Å². The van der Waals surface area contributed by atoms with Gasteiger partial charge in [0, 0.05) is 17.6 Å². The number of hydrogen-bond acceptors (Lipinski definition) is 9. The van der Waals surface area contributed by atoms with Gasteiger partial charge in [0.1, 0.15) is 16.9 Å². The van der Waals surface area contributed by atoms with Crippen LogP contribution in [0.4, 0.5) is 0 Å². The lowest BCUT2D eigenvalue weighted by Gasteiger charge is -2.20. The molecule has 0 bridgehead atoms. The molecule has 8 nitrogen and oxygen atoms in total. The third-order valence-electron chi connectivity index (χ3n) is 6.43. The lowest BCUT2D eigenvalue weighted by Crippen LogP contribution is -2.18. The molecular weight excluding hydrogens is 521 g/mol. The Bertz CT molecular complexity index is 1150. The highest BCUT2D eigenvalue weighted by atomic mass is 32.2. The second-order valence-electron chi connectivity index (χ2n) is 9.23. The quantitative estimate of drug-likeness (QED) is 0.310. The number of carbonyl (C=O) groups is 1. The van der Waals surface area contributed by atoms with E-state index in [-0.39, 0.29) is 42.4 Å². The lowest BCUT2D eigenvalue weighted by molar-refractivity contribution is -0.120. The second kappa shape index (κ2) is 12.9. The molecule has 2 aromatic rings. The first-order valence-electron chi connectivity index (χ1n) is 12.4. The van der Waals surface area contributed by atoms with Crippen LogP contribution in [0.1, 0.15) is 74.2 Å². The summed E-state index contributed by atoms with van der Waals surface area (Å²) in [5.74, 6) is 0.127. The Hall–Kier alpha value is -1.42. The number of thiazole rings is 1. The molecule has 1 heterocycles. The molecular formula is C25H36NO7PS2. The topological polar surface area (TPSA) is 120 Å². The number of aromatic nitrogens is 1. The van der Waals surface area contributed by atoms with Gasteiger partial charge < -0.3 is 14.2 Å². The molecule has 36 heavy (non-hydrogen) atoms. The van der Waals surface area contributed by atoms with Gasteiger partial charge in [-0.1, -0.05) is 37.8 Å². The van der Waals surface area contributed by atoms with E-state index in [0.29, 0.717) is 16.6 Å². The summed E-state index contributed by atoms with van der Waals surface area (Å²) in [6.45, 7) is 3.82. The second-order valence-corrected chi connectivity index (χ2v) is 14.3. The lowest BCUT2D eigenvalue weighted by atomic mass is 9.84. The number of nitrogens with zero attached hydrogens (tertiary/aromatic N) is 1. The first-order chi connectivity index (χ1) is 17.0. The summed E-state index contributed by atoms with van der Waals surface area (Å²) in [6, 6.07) is 6.60. The van der Waals surface area contributed by atoms with E-state index in [1.54, 1.807) is 43.5 Å². The van der Waals surface area contributed by atoms with E-state index in [1.165, 1.54) is 30.4 Å². The Balaban J connectivity index is 1.74. The minimum atomic E-state index is -3.44. The van der Waals surface area contributed by atoms with Crippen LogP contribution in [-0.4, -0.2) is 49.9 Å². The van der Waals surface area contributed by atoms with Gasteiger partial charge in [0.15, 0.2) is 9.84 Å². The minimum Gasteiger partial charge on any atom is -0.386 e. The molecule has 1 aromatic heterocycles. The van der Waals surface area contributed by atoms with Crippen molar-refractivity contribution in [3.05, 3.63) is 45.9 Å². The van der Waals surface area contributed by atoms with Crippen LogP contribution in [0.3, 0.4) is 0 Å². The van der Waals surface area contributed by atoms with Gasteiger partial charge in [-0.15, -0.1) is 11.3 Å². The summed E-state index contributed by atoms with van der Waals surface area (Å²) >= 11 is 1.28. The largest absolute Gasteiger partial charge is 0.386 e. The highest BCUT2D eigenvalue weighted by molar-refractivity contribution is 7.90. The Morgan fingerprint density at radius 1 is 1.17 bits per heavy atom. The molecule has 1 N–H and O–H groups in total. The number of sulfone groups is 1. The third kappa shape index (κ3) is 8.04. The average Bonchev–Trinajstić information content (AvgIpc) is 3.49. The molecule has 3 rings (SSSR count). The predicted octanol–water partition coefficient (Wildman–Crippen LogP) is 5.32. The first kappa shape index (κ1) is 29.1. The maximum absolute atomic E-state index is 13.5. The maximum atomic E-state index is 13.5. The maximum Gasteiger partial charge on any atom is 0.333 e. The molecule has 0 radical (unpaired) electrons. The molecule has 1 unspecified atom stereocenters. The Morgan fingerprint density at radius 2 is 1.78 bits per heavy atom. The van der Waals surface area contributed by atoms with Crippen LogP contribution < -0.4 is 0 Å². The molecule has 1 aromatic carbocycles. The molecule has 0 spiro atoms. The fourth-order valence-electron chi connectivity index (χ4n) is 4.65. The monoisotopic (exact) mass is 557 g/mol. The van der Waals surface area contributed by atoms with E-state index in [1.807, 2.05) is 0 Å². The zero-order valence-electron chi connectivity index (χ0n) is 21.1. The van der Waals surface area contributed by atoms with Crippen molar-refractivity contribution in [3.8, 4) is 0 Å². The van der Waals surface area contributed by atoms with Crippen LogP contribution in [0.15, 0.2) is 34.5 Å². The molecule has 1 aliphatic rings. The molecule has 0 aliphatic heterocycles. The minimum absolute atomic E-state index is 0.0127. The van der Waals surface area contributed by atoms with E-state index < -0.39 is 23.5 Å². The van der Waals surface area contributed by atoms with Crippen LogP contribution >= 0.6 is 18.9 Å². The summed E-state index contributed by atoms with van der Waals surface area (Å²) in [6.07, 6.45) is 5.19. The number of rotatable bonds is 14. The highest BCUT2D eigenvalue weighted by Gasteiger charge is 2.31. The van der Waals surface area contributed by atoms with Gasteiger partial charge in [0.05, 0.1) is 36.4 Å². The van der Waals surface area contributed by atoms with Crippen molar-refractivity contribution >= 4 is 34.6 Å². The highest BCUT2D eigenvalue weighted by Crippen LogP contribution is 2.50. The molecule has 200 valence electrons. The van der Waals surface area contributed by atoms with Crippen LogP contribution in [0.5, 0.6) is 0 Å². The van der Waals surface area contributed by atoms with Crippen molar-refractivity contribution < 1.29 is 31.9 Å². The van der Waals surface area contributed by atoms with E-state index in [2.05, 4.69) is 4.98 Å². The number of Topliss-reactive ketones (excluding diaryl/α,β-unsaturated/α-hetero) is 1. The summed E-state index contributed by atoms with van der Waals surface area (Å²) < 4.78 is 47.0. The number of aliphatic hydroxyl groups excluding tert-OH is 1. The summed E-state index contributed by atoms with van der Waals surface area (Å²) in [7, 11) is -6.76. The van der Waals surface area contributed by atoms with Crippen LogP contribution in [-0.2, 0) is 34.7 Å². The van der Waals surface area contributed by atoms with Gasteiger partial charge in [-0.05, 0) is 43.9 Å². The van der Waals surface area contributed by atoms with E-state index in [4.69, 9.17) is 9.05 Å². The summed E-state index contributed by atoms with van der Waals surface area (Å²) in [5.41, 5.74) is 1.15. The SMILES string of the molecule is CCOP(=O)(CC(O)c1csc(CC(=O)[C@H](CC2CCCC2)c2ccc(S(C)(=O)=O)cc2)n1)OCC. The smallest absolute Gasteiger partial charge is 0.333 e. The Labute approximate surface area is 217 Å². The Kier molecular flexibility index (Phi) is 10.4. The molecule has 11 heteroatoms. The third-order valence-corrected chi connectivity index (χ3v) is 10.5. The van der Waals surface area contributed by atoms with E-state index in [0.717, 1.165) is 24.8 Å². The number of aliphatic hydroxyl groups is 1. The van der Waals surface area contributed by atoms with Gasteiger partial charge in [0.25, 0.3) is 0 Å². The normalized spacial score (nSPS) is 16.8. The van der Waals surface area contributed by atoms with Crippen LogP contribution in [0, 0.1) is 5.92 Å². The Morgan fingerprint density at radius 3 is 2.33 bits per heavy atom. The van der Waals surface area contributed by atoms with Crippen molar-refractivity contribution in [2.75, 3.05) is 25.6 Å². The van der Waals surface area contributed by atoms with Crippen molar-refractivity contribution in [2.45, 2.75) is 69.3 Å². The first-order valence-corrected chi connectivity index (χ1v) is 16.9. The molecule has 0 amide bonds. The summed E-state index contributed by atoms with van der Waals surface area (Å²) in [5, 5.41) is 12.8. The number of hydrogen-bond donors (Lipinski definition) is 1. The molecule has 1 saturated carbocycles. The van der Waals surface area contributed by atoms with Crippen LogP contribution in [0.2, 0.25) is 0 Å². The average molecular weight is 558 g/mol.